The largest absolute Gasteiger partial charge is 0.144 e. The van der Waals surface area contributed by atoms with Gasteiger partial charge in [0.1, 0.15) is 0 Å². The fraction of sp³-hybridized carbons (Fsp3) is 0.200. The molecule has 0 atom stereocenters. The average molecular weight is 161 g/mol. The van der Waals surface area contributed by atoms with Crippen LogP contribution in [0.25, 0.3) is 5.57 Å². The number of rotatable bonds is 1. The van der Waals surface area contributed by atoms with E-state index >= 15 is 0 Å². The minimum absolute atomic E-state index is 0.985. The number of hydrogen-bond acceptors (Lipinski definition) is 1. The summed E-state index contributed by atoms with van der Waals surface area (Å²) in [6.45, 7) is 2.12. The van der Waals surface area contributed by atoms with E-state index in [0.29, 0.717) is 0 Å². The molecule has 0 saturated heterocycles. The van der Waals surface area contributed by atoms with Crippen LogP contribution in [0.3, 0.4) is 0 Å². The summed E-state index contributed by atoms with van der Waals surface area (Å²) in [6, 6.07) is 4.25. The lowest BCUT2D eigenvalue weighted by Crippen LogP contribution is -1.75. The van der Waals surface area contributed by atoms with Crippen LogP contribution in [-0.4, -0.2) is 0 Å². The summed E-state index contributed by atoms with van der Waals surface area (Å²) >= 11 is 1.79. The highest BCUT2D eigenvalue weighted by Gasteiger charge is 2.07. The normalized spacial score (nSPS) is 16.5. The molecule has 2 rings (SSSR count). The smallest absolute Gasteiger partial charge is 0.0342 e. The van der Waals surface area contributed by atoms with E-state index in [0.717, 1.165) is 6.42 Å². The van der Waals surface area contributed by atoms with Crippen molar-refractivity contribution in [1.29, 1.82) is 0 Å². The van der Waals surface area contributed by atoms with Crippen LogP contribution in [0.2, 0.25) is 0 Å². The van der Waals surface area contributed by atoms with Crippen LogP contribution in [0.4, 0.5) is 0 Å². The second kappa shape index (κ2) is 2.67. The van der Waals surface area contributed by atoms with Crippen molar-refractivity contribution in [3.05, 3.63) is 40.1 Å². The van der Waals surface area contributed by atoms with E-state index in [9.17, 15) is 0 Å². The van der Waals surface area contributed by atoms with Gasteiger partial charge in [-0.05, 0) is 42.0 Å². The molecule has 0 bridgehead atoms. The Morgan fingerprint density at radius 3 is 3.00 bits per heavy atom. The van der Waals surface area contributed by atoms with Gasteiger partial charge >= 0.3 is 0 Å². The van der Waals surface area contributed by atoms with Crippen molar-refractivity contribution < 1.29 is 0 Å². The van der Waals surface area contributed by atoms with E-state index in [2.05, 4.69) is 36.6 Å². The van der Waals surface area contributed by atoms with Crippen molar-refractivity contribution in [1.82, 2.24) is 0 Å². The molecule has 1 radical (unpaired) electrons. The van der Waals surface area contributed by atoms with Gasteiger partial charge in [-0.2, -0.15) is 0 Å². The van der Waals surface area contributed by atoms with E-state index < -0.39 is 0 Å². The monoisotopic (exact) mass is 161 g/mol. The lowest BCUT2D eigenvalue weighted by Gasteiger charge is -1.97. The molecule has 1 aromatic heterocycles. The minimum atomic E-state index is 0.985. The summed E-state index contributed by atoms with van der Waals surface area (Å²) in [6.07, 6.45) is 6.51. The summed E-state index contributed by atoms with van der Waals surface area (Å²) < 4.78 is 0. The first-order valence-corrected chi connectivity index (χ1v) is 4.58. The van der Waals surface area contributed by atoms with Gasteiger partial charge in [-0.25, -0.2) is 0 Å². The van der Waals surface area contributed by atoms with Gasteiger partial charge in [-0.1, -0.05) is 12.1 Å². The highest BCUT2D eigenvalue weighted by atomic mass is 32.1. The molecule has 1 heteroatoms. The summed E-state index contributed by atoms with van der Waals surface area (Å²) in [5.74, 6) is 0. The maximum absolute atomic E-state index is 3.29. The molecule has 0 spiro atoms. The van der Waals surface area contributed by atoms with Crippen molar-refractivity contribution >= 4 is 16.9 Å². The Morgan fingerprint density at radius 1 is 1.55 bits per heavy atom. The molecular weight excluding hydrogens is 152 g/mol. The first-order valence-electron chi connectivity index (χ1n) is 3.70. The predicted molar refractivity (Wildman–Crippen MR) is 49.3 cm³/mol. The van der Waals surface area contributed by atoms with Gasteiger partial charge in [0.15, 0.2) is 0 Å². The molecule has 0 nitrogen and oxygen atoms in total. The van der Waals surface area contributed by atoms with E-state index in [-0.39, 0.29) is 0 Å². The highest BCUT2D eigenvalue weighted by Crippen LogP contribution is 2.30. The summed E-state index contributed by atoms with van der Waals surface area (Å²) in [5.41, 5.74) is 2.67. The van der Waals surface area contributed by atoms with Crippen LogP contribution in [0.5, 0.6) is 0 Å². The molecule has 0 unspecified atom stereocenters. The molecule has 0 aromatic carbocycles. The molecule has 0 saturated carbocycles. The maximum Gasteiger partial charge on any atom is 0.0342 e. The third-order valence-corrected chi connectivity index (χ3v) is 2.77. The Hall–Kier alpha value is -0.820. The molecule has 0 N–H and O–H groups in total. The molecule has 1 aliphatic carbocycles. The highest BCUT2D eigenvalue weighted by molar-refractivity contribution is 7.11. The molecular formula is C10H9S. The SMILES string of the molecule is CC1=[C]CC=C1c1cccs1. The Labute approximate surface area is 70.9 Å². The van der Waals surface area contributed by atoms with Crippen molar-refractivity contribution in [2.45, 2.75) is 13.3 Å². The average Bonchev–Trinajstić information content (AvgIpc) is 2.55. The lowest BCUT2D eigenvalue weighted by atomic mass is 10.1. The van der Waals surface area contributed by atoms with E-state index in [1.807, 2.05) is 0 Å². The van der Waals surface area contributed by atoms with Crippen molar-refractivity contribution in [3.63, 3.8) is 0 Å². The van der Waals surface area contributed by atoms with Gasteiger partial charge in [0, 0.05) is 4.88 Å². The predicted octanol–water partition coefficient (Wildman–Crippen LogP) is 3.28. The van der Waals surface area contributed by atoms with Crippen LogP contribution in [0.1, 0.15) is 18.2 Å². The van der Waals surface area contributed by atoms with Crippen LogP contribution in [0, 0.1) is 6.08 Å². The van der Waals surface area contributed by atoms with Crippen LogP contribution in [0.15, 0.2) is 29.2 Å². The van der Waals surface area contributed by atoms with Gasteiger partial charge < -0.3 is 0 Å². The molecule has 11 heavy (non-hydrogen) atoms. The molecule has 0 amide bonds. The second-order valence-corrected chi connectivity index (χ2v) is 3.55. The van der Waals surface area contributed by atoms with Crippen LogP contribution in [-0.2, 0) is 0 Å². The molecule has 1 aliphatic rings. The van der Waals surface area contributed by atoms with Gasteiger partial charge in [0.25, 0.3) is 0 Å². The lowest BCUT2D eigenvalue weighted by molar-refractivity contribution is 1.36. The third-order valence-electron chi connectivity index (χ3n) is 1.86. The van der Waals surface area contributed by atoms with Gasteiger partial charge in [-0.3, -0.25) is 0 Å². The second-order valence-electron chi connectivity index (χ2n) is 2.60. The van der Waals surface area contributed by atoms with E-state index in [1.54, 1.807) is 11.3 Å². The quantitative estimate of drug-likeness (QED) is 0.593. The summed E-state index contributed by atoms with van der Waals surface area (Å²) in [4.78, 5) is 1.37. The van der Waals surface area contributed by atoms with Crippen LogP contribution < -0.4 is 0 Å². The zero-order valence-corrected chi connectivity index (χ0v) is 7.24. The molecule has 1 heterocycles. The zero-order chi connectivity index (χ0) is 7.68. The first-order chi connectivity index (χ1) is 5.38. The Kier molecular flexibility index (Phi) is 1.66. The topological polar surface area (TPSA) is 0 Å². The summed E-state index contributed by atoms with van der Waals surface area (Å²) in [7, 11) is 0. The van der Waals surface area contributed by atoms with E-state index in [1.165, 1.54) is 16.0 Å². The molecule has 0 aliphatic heterocycles. The first kappa shape index (κ1) is 6.86. The fourth-order valence-corrected chi connectivity index (χ4v) is 2.10. The van der Waals surface area contributed by atoms with Crippen LogP contribution >= 0.6 is 11.3 Å². The van der Waals surface area contributed by atoms with Gasteiger partial charge in [-0.15, -0.1) is 11.3 Å². The molecule has 55 valence electrons. The Bertz CT molecular complexity index is 302. The van der Waals surface area contributed by atoms with Gasteiger partial charge in [0.05, 0.1) is 0 Å². The maximum atomic E-state index is 3.29. The fourth-order valence-electron chi connectivity index (χ4n) is 1.27. The number of thiophene rings is 1. The van der Waals surface area contributed by atoms with Crippen molar-refractivity contribution in [2.75, 3.05) is 0 Å². The van der Waals surface area contributed by atoms with E-state index in [4.69, 9.17) is 0 Å². The molecule has 1 aromatic rings. The molecule has 0 fully saturated rings. The zero-order valence-electron chi connectivity index (χ0n) is 6.42. The Balaban J connectivity index is 2.38. The number of hydrogen-bond donors (Lipinski definition) is 0. The third kappa shape index (κ3) is 1.16. The summed E-state index contributed by atoms with van der Waals surface area (Å²) in [5, 5.41) is 2.11. The number of allylic oxidation sites excluding steroid dienone is 4. The Morgan fingerprint density at radius 2 is 2.45 bits per heavy atom. The van der Waals surface area contributed by atoms with Crippen molar-refractivity contribution in [3.8, 4) is 0 Å². The standard InChI is InChI=1S/C10H9S/c1-8-4-2-5-9(8)10-6-3-7-11-10/h3,5-7H,2H2,1H3. The van der Waals surface area contributed by atoms with Gasteiger partial charge in [0.2, 0.25) is 0 Å². The van der Waals surface area contributed by atoms with Crippen molar-refractivity contribution in [2.24, 2.45) is 0 Å². The minimum Gasteiger partial charge on any atom is -0.144 e.